The second-order valence-electron chi connectivity index (χ2n) is 4.86. The van der Waals surface area contributed by atoms with Crippen LogP contribution < -0.4 is 10.6 Å². The van der Waals surface area contributed by atoms with Crippen molar-refractivity contribution in [1.82, 2.24) is 10.2 Å². The third-order valence-corrected chi connectivity index (χ3v) is 3.53. The SMILES string of the molecule is CN(CCCN)c1ccc(C2CCCC2)nn1. The van der Waals surface area contributed by atoms with Crippen molar-refractivity contribution >= 4 is 5.82 Å². The van der Waals surface area contributed by atoms with E-state index < -0.39 is 0 Å². The van der Waals surface area contributed by atoms with Crippen molar-refractivity contribution in [2.45, 2.75) is 38.0 Å². The molecule has 1 fully saturated rings. The number of nitrogens with two attached hydrogens (primary N) is 1. The van der Waals surface area contributed by atoms with E-state index in [4.69, 9.17) is 5.73 Å². The van der Waals surface area contributed by atoms with E-state index in [9.17, 15) is 0 Å². The summed E-state index contributed by atoms with van der Waals surface area (Å²) in [4.78, 5) is 2.11. The van der Waals surface area contributed by atoms with Crippen LogP contribution in [0.15, 0.2) is 12.1 Å². The Morgan fingerprint density at radius 1 is 1.29 bits per heavy atom. The molecule has 1 aliphatic rings. The molecule has 2 rings (SSSR count). The van der Waals surface area contributed by atoms with Crippen LogP contribution in [0.5, 0.6) is 0 Å². The zero-order chi connectivity index (χ0) is 12.1. The van der Waals surface area contributed by atoms with E-state index in [0.717, 1.165) is 25.3 Å². The van der Waals surface area contributed by atoms with Gasteiger partial charge in [-0.3, -0.25) is 0 Å². The molecule has 0 aromatic carbocycles. The molecule has 4 heteroatoms. The van der Waals surface area contributed by atoms with E-state index >= 15 is 0 Å². The van der Waals surface area contributed by atoms with Gasteiger partial charge in [-0.2, -0.15) is 5.10 Å². The molecule has 4 nitrogen and oxygen atoms in total. The maximum atomic E-state index is 5.50. The lowest BCUT2D eigenvalue weighted by atomic mass is 10.0. The van der Waals surface area contributed by atoms with Crippen LogP contribution in [0.1, 0.15) is 43.7 Å². The summed E-state index contributed by atoms with van der Waals surface area (Å²) in [6.07, 6.45) is 6.21. The Balaban J connectivity index is 1.96. The molecule has 0 radical (unpaired) electrons. The van der Waals surface area contributed by atoms with Crippen LogP contribution in [0, 0.1) is 0 Å². The highest BCUT2D eigenvalue weighted by Gasteiger charge is 2.18. The van der Waals surface area contributed by atoms with Crippen molar-refractivity contribution in [1.29, 1.82) is 0 Å². The Bertz CT molecular complexity index is 330. The molecule has 0 spiro atoms. The first-order valence-corrected chi connectivity index (χ1v) is 6.56. The summed E-state index contributed by atoms with van der Waals surface area (Å²) in [5.74, 6) is 1.59. The summed E-state index contributed by atoms with van der Waals surface area (Å²) in [7, 11) is 2.04. The predicted molar refractivity (Wildman–Crippen MR) is 70.2 cm³/mol. The first kappa shape index (κ1) is 12.3. The molecule has 1 heterocycles. The zero-order valence-electron chi connectivity index (χ0n) is 10.6. The van der Waals surface area contributed by atoms with E-state index in [2.05, 4.69) is 27.2 Å². The highest BCUT2D eigenvalue weighted by molar-refractivity contribution is 5.36. The van der Waals surface area contributed by atoms with Crippen LogP contribution >= 0.6 is 0 Å². The lowest BCUT2D eigenvalue weighted by Crippen LogP contribution is -2.22. The standard InChI is InChI=1S/C13H22N4/c1-17(10-4-9-14)13-8-7-12(15-16-13)11-5-2-3-6-11/h7-8,11H,2-6,9-10,14H2,1H3. The molecule has 2 N–H and O–H groups in total. The van der Waals surface area contributed by atoms with Gasteiger partial charge in [-0.1, -0.05) is 12.8 Å². The zero-order valence-corrected chi connectivity index (χ0v) is 10.6. The second kappa shape index (κ2) is 5.96. The summed E-state index contributed by atoms with van der Waals surface area (Å²) >= 11 is 0. The monoisotopic (exact) mass is 234 g/mol. The van der Waals surface area contributed by atoms with Crippen molar-refractivity contribution < 1.29 is 0 Å². The number of nitrogens with zero attached hydrogens (tertiary/aromatic N) is 3. The number of aromatic nitrogens is 2. The molecule has 0 unspecified atom stereocenters. The van der Waals surface area contributed by atoms with Crippen molar-refractivity contribution in [3.8, 4) is 0 Å². The molecule has 1 saturated carbocycles. The van der Waals surface area contributed by atoms with Crippen LogP contribution in [0.4, 0.5) is 5.82 Å². The largest absolute Gasteiger partial charge is 0.358 e. The third-order valence-electron chi connectivity index (χ3n) is 3.53. The van der Waals surface area contributed by atoms with Gasteiger partial charge in [-0.15, -0.1) is 5.10 Å². The molecule has 1 aromatic rings. The molecule has 94 valence electrons. The van der Waals surface area contributed by atoms with Crippen molar-refractivity contribution in [2.24, 2.45) is 5.73 Å². The van der Waals surface area contributed by atoms with E-state index in [1.54, 1.807) is 0 Å². The minimum atomic E-state index is 0.644. The highest BCUT2D eigenvalue weighted by Crippen LogP contribution is 2.32. The summed E-state index contributed by atoms with van der Waals surface area (Å²) in [6, 6.07) is 4.22. The second-order valence-corrected chi connectivity index (χ2v) is 4.86. The van der Waals surface area contributed by atoms with Gasteiger partial charge in [0.25, 0.3) is 0 Å². The predicted octanol–water partition coefficient (Wildman–Crippen LogP) is 1.92. The Hall–Kier alpha value is -1.16. The van der Waals surface area contributed by atoms with Crippen molar-refractivity contribution in [2.75, 3.05) is 25.0 Å². The average molecular weight is 234 g/mol. The number of anilines is 1. The van der Waals surface area contributed by atoms with Gasteiger partial charge >= 0.3 is 0 Å². The van der Waals surface area contributed by atoms with E-state index in [1.807, 2.05) is 7.05 Å². The number of hydrogen-bond acceptors (Lipinski definition) is 4. The summed E-state index contributed by atoms with van der Waals surface area (Å²) < 4.78 is 0. The highest BCUT2D eigenvalue weighted by atomic mass is 15.2. The lowest BCUT2D eigenvalue weighted by molar-refractivity contribution is 0.676. The minimum absolute atomic E-state index is 0.644. The van der Waals surface area contributed by atoms with Crippen LogP contribution in [0.3, 0.4) is 0 Å². The van der Waals surface area contributed by atoms with Crippen LogP contribution in [0.25, 0.3) is 0 Å². The Kier molecular flexibility index (Phi) is 4.31. The fourth-order valence-corrected chi connectivity index (χ4v) is 2.42. The maximum absolute atomic E-state index is 5.50. The van der Waals surface area contributed by atoms with E-state index in [-0.39, 0.29) is 0 Å². The van der Waals surface area contributed by atoms with Crippen LogP contribution in [0.2, 0.25) is 0 Å². The van der Waals surface area contributed by atoms with E-state index in [0.29, 0.717) is 5.92 Å². The van der Waals surface area contributed by atoms with E-state index in [1.165, 1.54) is 31.4 Å². The number of hydrogen-bond donors (Lipinski definition) is 1. The summed E-state index contributed by atoms with van der Waals surface area (Å²) in [6.45, 7) is 1.66. The molecule has 0 bridgehead atoms. The van der Waals surface area contributed by atoms with Gasteiger partial charge < -0.3 is 10.6 Å². The maximum Gasteiger partial charge on any atom is 0.150 e. The average Bonchev–Trinajstić information content (AvgIpc) is 2.90. The molecule has 1 aromatic heterocycles. The molecule has 17 heavy (non-hydrogen) atoms. The fraction of sp³-hybridized carbons (Fsp3) is 0.692. The van der Waals surface area contributed by atoms with Crippen LogP contribution in [-0.2, 0) is 0 Å². The van der Waals surface area contributed by atoms with Crippen LogP contribution in [-0.4, -0.2) is 30.3 Å². The first-order chi connectivity index (χ1) is 8.31. The normalized spacial score (nSPS) is 16.4. The molecular formula is C13H22N4. The minimum Gasteiger partial charge on any atom is -0.358 e. The molecular weight excluding hydrogens is 212 g/mol. The summed E-state index contributed by atoms with van der Waals surface area (Å²) in [5.41, 5.74) is 6.66. The van der Waals surface area contributed by atoms with Crippen molar-refractivity contribution in [3.05, 3.63) is 17.8 Å². The molecule has 0 saturated heterocycles. The quantitative estimate of drug-likeness (QED) is 0.845. The first-order valence-electron chi connectivity index (χ1n) is 6.56. The number of rotatable bonds is 5. The third kappa shape index (κ3) is 3.16. The molecule has 0 amide bonds. The lowest BCUT2D eigenvalue weighted by Gasteiger charge is -2.17. The summed E-state index contributed by atoms with van der Waals surface area (Å²) in [5, 5.41) is 8.68. The van der Waals surface area contributed by atoms with Crippen molar-refractivity contribution in [3.63, 3.8) is 0 Å². The Morgan fingerprint density at radius 2 is 2.06 bits per heavy atom. The van der Waals surface area contributed by atoms with Gasteiger partial charge in [0.1, 0.15) is 0 Å². The molecule has 1 aliphatic carbocycles. The fourth-order valence-electron chi connectivity index (χ4n) is 2.42. The Labute approximate surface area is 103 Å². The smallest absolute Gasteiger partial charge is 0.150 e. The van der Waals surface area contributed by atoms with Gasteiger partial charge in [-0.25, -0.2) is 0 Å². The topological polar surface area (TPSA) is 55.0 Å². The Morgan fingerprint density at radius 3 is 2.65 bits per heavy atom. The van der Waals surface area contributed by atoms with Gasteiger partial charge in [0.15, 0.2) is 5.82 Å². The van der Waals surface area contributed by atoms with Gasteiger partial charge in [0, 0.05) is 19.5 Å². The van der Waals surface area contributed by atoms with Gasteiger partial charge in [0.2, 0.25) is 0 Å². The van der Waals surface area contributed by atoms with Gasteiger partial charge in [-0.05, 0) is 37.9 Å². The molecule has 0 aliphatic heterocycles. The molecule has 0 atom stereocenters. The van der Waals surface area contributed by atoms with Gasteiger partial charge in [0.05, 0.1) is 5.69 Å².